The number of esters is 2. The minimum absolute atomic E-state index is 0.376. The van der Waals surface area contributed by atoms with Gasteiger partial charge in [0, 0.05) is 0 Å². The summed E-state index contributed by atoms with van der Waals surface area (Å²) in [6, 6.07) is 0. The molecule has 8 heteroatoms. The highest BCUT2D eigenvalue weighted by Gasteiger charge is 2.36. The second-order valence-corrected chi connectivity index (χ2v) is 7.64. The van der Waals surface area contributed by atoms with E-state index in [-0.39, 0.29) is 6.10 Å². The molecule has 0 aromatic carbocycles. The highest BCUT2D eigenvalue weighted by molar-refractivity contribution is 7.87. The normalized spacial score (nSPS) is 15.4. The number of hydrogen-bond donors (Lipinski definition) is 1. The van der Waals surface area contributed by atoms with E-state index in [0.717, 1.165) is 25.7 Å². The zero-order valence-corrected chi connectivity index (χ0v) is 15.8. The van der Waals surface area contributed by atoms with Crippen molar-refractivity contribution in [3.63, 3.8) is 0 Å². The van der Waals surface area contributed by atoms with Crippen molar-refractivity contribution >= 4 is 22.1 Å². The summed E-state index contributed by atoms with van der Waals surface area (Å²) in [6.07, 6.45) is 3.16. The fraction of sp³-hybridized carbons (Fsp3) is 0.875. The Balaban J connectivity index is 4.73. The summed E-state index contributed by atoms with van der Waals surface area (Å²) >= 11 is 0. The van der Waals surface area contributed by atoms with Gasteiger partial charge >= 0.3 is 11.9 Å². The molecular weight excluding hydrogens is 336 g/mol. The summed E-state index contributed by atoms with van der Waals surface area (Å²) in [7, 11) is -4.75. The summed E-state index contributed by atoms with van der Waals surface area (Å²) in [6.45, 7) is 7.31. The quantitative estimate of drug-likeness (QED) is 0.418. The highest BCUT2D eigenvalue weighted by Crippen LogP contribution is 2.14. The third-order valence-electron chi connectivity index (χ3n) is 3.55. The fourth-order valence-electron chi connectivity index (χ4n) is 2.11. The van der Waals surface area contributed by atoms with Gasteiger partial charge in [-0.1, -0.05) is 39.5 Å². The van der Waals surface area contributed by atoms with Crippen molar-refractivity contribution in [2.24, 2.45) is 0 Å². The molecule has 0 aromatic rings. The van der Waals surface area contributed by atoms with Crippen LogP contribution >= 0.6 is 0 Å². The SMILES string of the molecule is CCCCC(C)OC(=O)CC(C(=O)OC(C)CCCC)S(=O)(=O)O. The van der Waals surface area contributed by atoms with Crippen LogP contribution in [0.2, 0.25) is 0 Å². The lowest BCUT2D eigenvalue weighted by Gasteiger charge is -2.18. The van der Waals surface area contributed by atoms with Crippen LogP contribution in [-0.2, 0) is 29.2 Å². The Hall–Kier alpha value is -1.15. The average Bonchev–Trinajstić information content (AvgIpc) is 2.47. The third-order valence-corrected chi connectivity index (χ3v) is 4.63. The Morgan fingerprint density at radius 2 is 1.42 bits per heavy atom. The number of carbonyl (C=O) groups is 2. The van der Waals surface area contributed by atoms with Gasteiger partial charge in [-0.3, -0.25) is 14.1 Å². The van der Waals surface area contributed by atoms with Gasteiger partial charge in [-0.15, -0.1) is 0 Å². The topological polar surface area (TPSA) is 107 Å². The van der Waals surface area contributed by atoms with Gasteiger partial charge in [-0.2, -0.15) is 8.42 Å². The van der Waals surface area contributed by atoms with Gasteiger partial charge in [0.1, 0.15) is 0 Å². The molecule has 0 spiro atoms. The fourth-order valence-corrected chi connectivity index (χ4v) is 2.75. The molecule has 0 aromatic heterocycles. The molecule has 0 saturated carbocycles. The van der Waals surface area contributed by atoms with E-state index in [2.05, 4.69) is 0 Å². The van der Waals surface area contributed by atoms with Crippen molar-refractivity contribution in [1.82, 2.24) is 0 Å². The van der Waals surface area contributed by atoms with Crippen LogP contribution in [-0.4, -0.2) is 42.4 Å². The molecule has 7 nitrogen and oxygen atoms in total. The van der Waals surface area contributed by atoms with Gasteiger partial charge in [0.2, 0.25) is 0 Å². The van der Waals surface area contributed by atoms with Crippen LogP contribution in [0.5, 0.6) is 0 Å². The first-order chi connectivity index (χ1) is 11.1. The van der Waals surface area contributed by atoms with Crippen molar-refractivity contribution in [1.29, 1.82) is 0 Å². The number of rotatable bonds is 12. The van der Waals surface area contributed by atoms with Crippen molar-refractivity contribution in [2.45, 2.75) is 90.1 Å². The van der Waals surface area contributed by atoms with Crippen molar-refractivity contribution in [2.75, 3.05) is 0 Å². The Morgan fingerprint density at radius 3 is 1.83 bits per heavy atom. The molecule has 3 atom stereocenters. The molecule has 0 aliphatic carbocycles. The molecule has 142 valence electrons. The first-order valence-electron chi connectivity index (χ1n) is 8.48. The maximum absolute atomic E-state index is 12.0. The number of unbranched alkanes of at least 4 members (excludes halogenated alkanes) is 2. The van der Waals surface area contributed by atoms with Crippen LogP contribution < -0.4 is 0 Å². The Labute approximate surface area is 144 Å². The first kappa shape index (κ1) is 22.9. The molecule has 0 heterocycles. The molecule has 0 radical (unpaired) electrons. The standard InChI is InChI=1S/C16H30O7S/c1-5-7-9-12(3)22-15(17)11-14(24(19,20)21)16(18)23-13(4)10-8-6-2/h12-14H,5-11H2,1-4H3,(H,19,20,21). The first-order valence-corrected chi connectivity index (χ1v) is 9.98. The molecule has 0 rings (SSSR count). The van der Waals surface area contributed by atoms with Crippen molar-refractivity contribution in [3.05, 3.63) is 0 Å². The second-order valence-electron chi connectivity index (χ2n) is 6.04. The largest absolute Gasteiger partial charge is 0.463 e. The minimum Gasteiger partial charge on any atom is -0.463 e. The number of ether oxygens (including phenoxy) is 2. The van der Waals surface area contributed by atoms with Gasteiger partial charge in [0.05, 0.1) is 18.6 Å². The monoisotopic (exact) mass is 366 g/mol. The molecule has 3 unspecified atom stereocenters. The van der Waals surface area contributed by atoms with E-state index < -0.39 is 39.8 Å². The molecule has 24 heavy (non-hydrogen) atoms. The van der Waals surface area contributed by atoms with E-state index >= 15 is 0 Å². The Morgan fingerprint density at radius 1 is 0.958 bits per heavy atom. The van der Waals surface area contributed by atoms with E-state index in [0.29, 0.717) is 12.8 Å². The molecule has 0 fully saturated rings. The molecular formula is C16H30O7S. The van der Waals surface area contributed by atoms with E-state index in [1.54, 1.807) is 13.8 Å². The van der Waals surface area contributed by atoms with Crippen LogP contribution in [0.1, 0.15) is 72.6 Å². The smallest absolute Gasteiger partial charge is 0.327 e. The van der Waals surface area contributed by atoms with Crippen molar-refractivity contribution in [3.8, 4) is 0 Å². The summed E-state index contributed by atoms with van der Waals surface area (Å²) < 4.78 is 42.1. The Kier molecular flexibility index (Phi) is 10.9. The average molecular weight is 366 g/mol. The summed E-state index contributed by atoms with van der Waals surface area (Å²) in [5.74, 6) is -1.97. The van der Waals surface area contributed by atoms with Gasteiger partial charge in [0.25, 0.3) is 10.1 Å². The second kappa shape index (κ2) is 11.4. The van der Waals surface area contributed by atoms with Crippen LogP contribution in [0, 0.1) is 0 Å². The molecule has 0 amide bonds. The van der Waals surface area contributed by atoms with Gasteiger partial charge in [-0.25, -0.2) is 0 Å². The van der Waals surface area contributed by atoms with Gasteiger partial charge in [-0.05, 0) is 26.7 Å². The highest BCUT2D eigenvalue weighted by atomic mass is 32.2. The lowest BCUT2D eigenvalue weighted by atomic mass is 10.2. The maximum atomic E-state index is 12.0. The van der Waals surface area contributed by atoms with Crippen LogP contribution in [0.4, 0.5) is 0 Å². The summed E-state index contributed by atoms with van der Waals surface area (Å²) in [4.78, 5) is 23.8. The molecule has 0 aliphatic rings. The molecule has 0 aliphatic heterocycles. The predicted octanol–water partition coefficient (Wildman–Crippen LogP) is 2.88. The van der Waals surface area contributed by atoms with E-state index in [4.69, 9.17) is 9.47 Å². The van der Waals surface area contributed by atoms with E-state index in [9.17, 15) is 22.6 Å². The van der Waals surface area contributed by atoms with Gasteiger partial charge < -0.3 is 9.47 Å². The maximum Gasteiger partial charge on any atom is 0.327 e. The number of hydrogen-bond acceptors (Lipinski definition) is 6. The minimum atomic E-state index is -4.75. The van der Waals surface area contributed by atoms with Crippen LogP contribution in [0.25, 0.3) is 0 Å². The zero-order valence-electron chi connectivity index (χ0n) is 15.0. The molecule has 0 saturated heterocycles. The Bertz CT molecular complexity index is 487. The third kappa shape index (κ3) is 9.87. The van der Waals surface area contributed by atoms with Crippen LogP contribution in [0.3, 0.4) is 0 Å². The zero-order chi connectivity index (χ0) is 18.8. The molecule has 0 bridgehead atoms. The van der Waals surface area contributed by atoms with Crippen molar-refractivity contribution < 1.29 is 32.0 Å². The van der Waals surface area contributed by atoms with E-state index in [1.807, 2.05) is 13.8 Å². The molecule has 1 N–H and O–H groups in total. The summed E-state index contributed by atoms with van der Waals surface area (Å²) in [5.41, 5.74) is 0. The number of carbonyl (C=O) groups excluding carboxylic acids is 2. The summed E-state index contributed by atoms with van der Waals surface area (Å²) in [5, 5.41) is -1.95. The lowest BCUT2D eigenvalue weighted by molar-refractivity contribution is -0.155. The van der Waals surface area contributed by atoms with Crippen LogP contribution in [0.15, 0.2) is 0 Å². The van der Waals surface area contributed by atoms with E-state index in [1.165, 1.54) is 0 Å². The lowest BCUT2D eigenvalue weighted by Crippen LogP contribution is -2.36. The predicted molar refractivity (Wildman–Crippen MR) is 90.1 cm³/mol. The van der Waals surface area contributed by atoms with Gasteiger partial charge in [0.15, 0.2) is 5.25 Å².